The van der Waals surface area contributed by atoms with Gasteiger partial charge >= 0.3 is 0 Å². The number of anilines is 1. The molecule has 0 saturated carbocycles. The molecule has 4 rings (SSSR count). The predicted octanol–water partition coefficient (Wildman–Crippen LogP) is 5.20. The zero-order chi connectivity index (χ0) is 33.1. The van der Waals surface area contributed by atoms with Crippen LogP contribution >= 0.6 is 0 Å². The van der Waals surface area contributed by atoms with Gasteiger partial charge in [-0.3, -0.25) is 13.9 Å². The number of sulfonamides is 1. The summed E-state index contributed by atoms with van der Waals surface area (Å²) in [5.41, 5.74) is 1.58. The monoisotopic (exact) mass is 647 g/mol. The maximum absolute atomic E-state index is 14.4. The Morgan fingerprint density at radius 3 is 2.15 bits per heavy atom. The molecule has 0 aliphatic heterocycles. The van der Waals surface area contributed by atoms with Gasteiger partial charge in [-0.05, 0) is 85.6 Å². The van der Waals surface area contributed by atoms with Crippen molar-refractivity contribution in [1.29, 1.82) is 0 Å². The molecule has 0 radical (unpaired) electrons. The first kappa shape index (κ1) is 34.0. The molecule has 0 spiro atoms. The van der Waals surface area contributed by atoms with Crippen molar-refractivity contribution in [3.8, 4) is 11.5 Å². The minimum absolute atomic E-state index is 0.00890. The molecule has 0 fully saturated rings. The highest BCUT2D eigenvalue weighted by molar-refractivity contribution is 7.92. The van der Waals surface area contributed by atoms with E-state index in [0.717, 1.165) is 22.0 Å². The number of rotatable bonds is 15. The molecule has 0 aliphatic rings. The summed E-state index contributed by atoms with van der Waals surface area (Å²) in [5, 5.41) is 2.83. The molecule has 46 heavy (non-hydrogen) atoms. The topological polar surface area (TPSA) is 105 Å². The third-order valence-electron chi connectivity index (χ3n) is 7.23. The largest absolute Gasteiger partial charge is 0.497 e. The number of nitrogens with zero attached hydrogens (tertiary/aromatic N) is 2. The summed E-state index contributed by atoms with van der Waals surface area (Å²) in [6.07, 6.45) is 0.185. The molecular formula is C35H38FN3O6S. The molecule has 0 aliphatic carbocycles. The second-order valence-electron chi connectivity index (χ2n) is 10.4. The van der Waals surface area contributed by atoms with Crippen molar-refractivity contribution in [3.63, 3.8) is 0 Å². The fourth-order valence-electron chi connectivity index (χ4n) is 4.95. The van der Waals surface area contributed by atoms with Crippen LogP contribution in [0.25, 0.3) is 0 Å². The van der Waals surface area contributed by atoms with E-state index in [9.17, 15) is 22.4 Å². The van der Waals surface area contributed by atoms with Gasteiger partial charge in [0.1, 0.15) is 29.9 Å². The van der Waals surface area contributed by atoms with Crippen LogP contribution in [0.3, 0.4) is 0 Å². The number of ether oxygens (including phenoxy) is 2. The lowest BCUT2D eigenvalue weighted by molar-refractivity contribution is -0.140. The van der Waals surface area contributed by atoms with E-state index in [0.29, 0.717) is 30.2 Å². The van der Waals surface area contributed by atoms with Crippen molar-refractivity contribution in [3.05, 3.63) is 120 Å². The summed E-state index contributed by atoms with van der Waals surface area (Å²) < 4.78 is 53.9. The summed E-state index contributed by atoms with van der Waals surface area (Å²) in [5.74, 6) is -0.527. The van der Waals surface area contributed by atoms with E-state index in [-0.39, 0.29) is 29.5 Å². The molecule has 2 amide bonds. The number of halogens is 1. The van der Waals surface area contributed by atoms with Gasteiger partial charge in [-0.1, -0.05) is 42.5 Å². The van der Waals surface area contributed by atoms with E-state index in [2.05, 4.69) is 5.32 Å². The molecule has 11 heteroatoms. The molecule has 1 N–H and O–H groups in total. The van der Waals surface area contributed by atoms with Crippen molar-refractivity contribution >= 4 is 27.5 Å². The third kappa shape index (κ3) is 8.63. The highest BCUT2D eigenvalue weighted by atomic mass is 32.2. The Morgan fingerprint density at radius 2 is 1.52 bits per heavy atom. The average Bonchev–Trinajstić information content (AvgIpc) is 3.06. The van der Waals surface area contributed by atoms with Gasteiger partial charge in [0.15, 0.2) is 0 Å². The normalized spacial score (nSPS) is 11.7. The Kier molecular flexibility index (Phi) is 11.7. The molecular weight excluding hydrogens is 609 g/mol. The van der Waals surface area contributed by atoms with Gasteiger partial charge in [-0.15, -0.1) is 0 Å². The van der Waals surface area contributed by atoms with E-state index in [1.165, 1.54) is 48.4 Å². The molecule has 4 aromatic rings. The number of nitrogens with one attached hydrogen (secondary N) is 1. The molecule has 242 valence electrons. The van der Waals surface area contributed by atoms with Gasteiger partial charge in [-0.2, -0.15) is 0 Å². The van der Waals surface area contributed by atoms with Crippen LogP contribution in [0.5, 0.6) is 11.5 Å². The molecule has 0 bridgehead atoms. The second kappa shape index (κ2) is 15.9. The van der Waals surface area contributed by atoms with E-state index in [1.807, 2.05) is 37.3 Å². The lowest BCUT2D eigenvalue weighted by atomic mass is 10.0. The van der Waals surface area contributed by atoms with E-state index in [4.69, 9.17) is 9.47 Å². The number of benzene rings is 4. The van der Waals surface area contributed by atoms with Crippen LogP contribution in [0, 0.1) is 5.82 Å². The molecule has 1 unspecified atom stereocenters. The Bertz CT molecular complexity index is 1700. The molecule has 9 nitrogen and oxygen atoms in total. The lowest BCUT2D eigenvalue weighted by Crippen LogP contribution is -2.53. The van der Waals surface area contributed by atoms with Crippen molar-refractivity contribution in [1.82, 2.24) is 10.2 Å². The summed E-state index contributed by atoms with van der Waals surface area (Å²) in [4.78, 5) is 29.3. The van der Waals surface area contributed by atoms with Crippen molar-refractivity contribution in [2.45, 2.75) is 37.8 Å². The van der Waals surface area contributed by atoms with Crippen LogP contribution < -0.4 is 19.1 Å². The van der Waals surface area contributed by atoms with Crippen LogP contribution in [-0.2, 0) is 32.6 Å². The quantitative estimate of drug-likeness (QED) is 0.190. The third-order valence-corrected chi connectivity index (χ3v) is 9.01. The molecule has 0 aromatic heterocycles. The van der Waals surface area contributed by atoms with Gasteiger partial charge < -0.3 is 19.7 Å². The zero-order valence-corrected chi connectivity index (χ0v) is 26.9. The van der Waals surface area contributed by atoms with Crippen molar-refractivity contribution in [2.75, 3.05) is 31.1 Å². The molecule has 0 heterocycles. The number of amides is 2. The minimum atomic E-state index is -4.34. The first-order valence-corrected chi connectivity index (χ1v) is 16.4. The maximum atomic E-state index is 14.4. The Balaban J connectivity index is 1.79. The lowest BCUT2D eigenvalue weighted by Gasteiger charge is -2.34. The Morgan fingerprint density at radius 1 is 0.848 bits per heavy atom. The summed E-state index contributed by atoms with van der Waals surface area (Å²) in [7, 11) is -2.81. The summed E-state index contributed by atoms with van der Waals surface area (Å²) in [6, 6.07) is 26.1. The molecule has 1 atom stereocenters. The first-order chi connectivity index (χ1) is 22.2. The number of carbonyl (C=O) groups is 2. The number of methoxy groups -OCH3 is 1. The first-order valence-electron chi connectivity index (χ1n) is 14.9. The van der Waals surface area contributed by atoms with Gasteiger partial charge in [0.2, 0.25) is 11.8 Å². The van der Waals surface area contributed by atoms with Crippen molar-refractivity contribution in [2.24, 2.45) is 0 Å². The SMILES string of the molecule is CCNC(=O)C(Cc1ccccc1)N(Cc1cccc(OC)c1)C(=O)CN(c1ccc(F)cc1)S(=O)(=O)c1ccc(OCC)cc1. The average molecular weight is 648 g/mol. The van der Waals surface area contributed by atoms with Gasteiger partial charge in [0.25, 0.3) is 10.0 Å². The van der Waals surface area contributed by atoms with Gasteiger partial charge in [0.05, 0.1) is 24.3 Å². The highest BCUT2D eigenvalue weighted by Crippen LogP contribution is 2.27. The van der Waals surface area contributed by atoms with E-state index in [1.54, 1.807) is 31.2 Å². The van der Waals surface area contributed by atoms with Crippen molar-refractivity contribution < 1.29 is 31.9 Å². The maximum Gasteiger partial charge on any atom is 0.264 e. The van der Waals surface area contributed by atoms with E-state index < -0.39 is 34.3 Å². The minimum Gasteiger partial charge on any atom is -0.497 e. The molecule has 0 saturated heterocycles. The zero-order valence-electron chi connectivity index (χ0n) is 26.1. The summed E-state index contributed by atoms with van der Waals surface area (Å²) >= 11 is 0. The number of hydrogen-bond donors (Lipinski definition) is 1. The van der Waals surface area contributed by atoms with Gasteiger partial charge in [0, 0.05) is 19.5 Å². The predicted molar refractivity (Wildman–Crippen MR) is 175 cm³/mol. The van der Waals surface area contributed by atoms with Crippen LogP contribution in [0.15, 0.2) is 108 Å². The fourth-order valence-corrected chi connectivity index (χ4v) is 6.37. The van der Waals surface area contributed by atoms with Crippen LogP contribution in [0.2, 0.25) is 0 Å². The summed E-state index contributed by atoms with van der Waals surface area (Å²) in [6.45, 7) is 3.67. The number of likely N-dealkylation sites (N-methyl/N-ethyl adjacent to an activating group) is 1. The number of hydrogen-bond acceptors (Lipinski definition) is 6. The smallest absolute Gasteiger partial charge is 0.264 e. The van der Waals surface area contributed by atoms with E-state index >= 15 is 0 Å². The Labute approximate surface area is 269 Å². The standard InChI is InChI=1S/C35H38FN3O6S/c1-4-37-35(41)33(23-26-10-7-6-8-11-26)38(24-27-12-9-13-31(22-27)44-3)34(40)25-39(29-16-14-28(36)15-17-29)46(42,43)32-20-18-30(19-21-32)45-5-2/h6-22,33H,4-5,23-25H2,1-3H3,(H,37,41). The van der Waals surface area contributed by atoms with Gasteiger partial charge in [-0.25, -0.2) is 12.8 Å². The highest BCUT2D eigenvalue weighted by Gasteiger charge is 2.34. The number of carbonyl (C=O) groups excluding carboxylic acids is 2. The second-order valence-corrected chi connectivity index (χ2v) is 12.2. The van der Waals surface area contributed by atoms with Crippen LogP contribution in [0.4, 0.5) is 10.1 Å². The van der Waals surface area contributed by atoms with Crippen LogP contribution in [-0.4, -0.2) is 58.0 Å². The Hall–Kier alpha value is -4.90. The van der Waals surface area contributed by atoms with Crippen LogP contribution in [0.1, 0.15) is 25.0 Å². The fraction of sp³-hybridized carbons (Fsp3) is 0.257. The molecule has 4 aromatic carbocycles.